The van der Waals surface area contributed by atoms with E-state index in [1.807, 2.05) is 0 Å². The minimum atomic E-state index is -1.42. The highest BCUT2D eigenvalue weighted by molar-refractivity contribution is 6.80. The third-order valence-electron chi connectivity index (χ3n) is 3.87. The van der Waals surface area contributed by atoms with Gasteiger partial charge in [-0.25, -0.2) is 0 Å². The average Bonchev–Trinajstić information content (AvgIpc) is 2.37. The molecule has 0 saturated carbocycles. The number of nitrogens with two attached hydrogens (primary N) is 1. The van der Waals surface area contributed by atoms with Gasteiger partial charge in [-0.15, -0.1) is 0 Å². The standard InChI is InChI=1S/C15H37NOSi2/c1-5-11-18(12-9-10-16)17-19(13-6-2,14-7-3)15-8-4/h18H,5-16H2,1-4H3. The predicted octanol–water partition coefficient (Wildman–Crippen LogP) is 4.66. The van der Waals surface area contributed by atoms with Gasteiger partial charge in [0, 0.05) is 0 Å². The van der Waals surface area contributed by atoms with Crippen LogP contribution in [0, 0.1) is 0 Å². The summed E-state index contributed by atoms with van der Waals surface area (Å²) in [4.78, 5) is 0. The first-order valence-corrected chi connectivity index (χ1v) is 13.2. The third-order valence-corrected chi connectivity index (χ3v) is 13.7. The molecule has 116 valence electrons. The van der Waals surface area contributed by atoms with Crippen LogP contribution in [0.1, 0.15) is 59.8 Å². The number of rotatable bonds is 13. The Balaban J connectivity index is 4.68. The highest BCUT2D eigenvalue weighted by Gasteiger charge is 2.34. The second kappa shape index (κ2) is 12.1. The van der Waals surface area contributed by atoms with E-state index >= 15 is 0 Å². The van der Waals surface area contributed by atoms with Gasteiger partial charge in [0.15, 0.2) is 17.4 Å². The van der Waals surface area contributed by atoms with Gasteiger partial charge in [0.05, 0.1) is 0 Å². The molecule has 1 atom stereocenters. The molecule has 19 heavy (non-hydrogen) atoms. The maximum Gasteiger partial charge on any atom is 0.179 e. The fraction of sp³-hybridized carbons (Fsp3) is 1.00. The lowest BCUT2D eigenvalue weighted by molar-refractivity contribution is 0.519. The van der Waals surface area contributed by atoms with Crippen molar-refractivity contribution in [1.29, 1.82) is 0 Å². The molecule has 0 aliphatic heterocycles. The molecule has 4 heteroatoms. The van der Waals surface area contributed by atoms with E-state index in [2.05, 4.69) is 27.7 Å². The molecule has 0 bridgehead atoms. The second-order valence-corrected chi connectivity index (χ2v) is 13.1. The van der Waals surface area contributed by atoms with Gasteiger partial charge < -0.3 is 9.85 Å². The molecule has 0 spiro atoms. The van der Waals surface area contributed by atoms with Crippen LogP contribution in [-0.2, 0) is 4.12 Å². The van der Waals surface area contributed by atoms with Crippen molar-refractivity contribution in [2.24, 2.45) is 5.73 Å². The highest BCUT2D eigenvalue weighted by Crippen LogP contribution is 2.30. The molecule has 0 heterocycles. The molecule has 0 aromatic rings. The van der Waals surface area contributed by atoms with Crippen LogP contribution in [0.3, 0.4) is 0 Å². The van der Waals surface area contributed by atoms with Gasteiger partial charge in [0.25, 0.3) is 0 Å². The van der Waals surface area contributed by atoms with E-state index < -0.39 is 17.4 Å². The Morgan fingerprint density at radius 3 is 1.74 bits per heavy atom. The molecule has 0 rings (SSSR count). The van der Waals surface area contributed by atoms with Crippen LogP contribution in [-0.4, -0.2) is 23.9 Å². The summed E-state index contributed by atoms with van der Waals surface area (Å²) in [6.45, 7) is 10.1. The van der Waals surface area contributed by atoms with Crippen molar-refractivity contribution < 1.29 is 4.12 Å². The van der Waals surface area contributed by atoms with Gasteiger partial charge in [-0.05, 0) is 43.2 Å². The summed E-state index contributed by atoms with van der Waals surface area (Å²) in [6, 6.07) is 6.79. The summed E-state index contributed by atoms with van der Waals surface area (Å²) in [5, 5.41) is 0. The summed E-state index contributed by atoms with van der Waals surface area (Å²) in [5.74, 6) is 0. The molecule has 0 radical (unpaired) electrons. The Hall–Kier alpha value is 0.354. The largest absolute Gasteiger partial charge is 0.457 e. The van der Waals surface area contributed by atoms with Crippen molar-refractivity contribution >= 4 is 17.4 Å². The van der Waals surface area contributed by atoms with Crippen LogP contribution >= 0.6 is 0 Å². The second-order valence-electron chi connectivity index (χ2n) is 5.89. The van der Waals surface area contributed by atoms with Crippen LogP contribution in [0.25, 0.3) is 0 Å². The zero-order valence-electron chi connectivity index (χ0n) is 13.8. The van der Waals surface area contributed by atoms with Crippen molar-refractivity contribution in [3.05, 3.63) is 0 Å². The third kappa shape index (κ3) is 8.28. The lowest BCUT2D eigenvalue weighted by Gasteiger charge is -2.35. The van der Waals surface area contributed by atoms with Crippen LogP contribution in [0.5, 0.6) is 0 Å². The Morgan fingerprint density at radius 2 is 1.37 bits per heavy atom. The first-order chi connectivity index (χ1) is 9.17. The predicted molar refractivity (Wildman–Crippen MR) is 92.9 cm³/mol. The molecule has 2 nitrogen and oxygen atoms in total. The lowest BCUT2D eigenvalue weighted by atomic mass is 10.5. The minimum absolute atomic E-state index is 0.834. The van der Waals surface area contributed by atoms with Crippen LogP contribution in [0.2, 0.25) is 30.2 Å². The molecule has 0 aromatic carbocycles. The van der Waals surface area contributed by atoms with Crippen LogP contribution in [0.4, 0.5) is 0 Å². The van der Waals surface area contributed by atoms with Gasteiger partial charge in [-0.2, -0.15) is 0 Å². The van der Waals surface area contributed by atoms with E-state index in [0.717, 1.165) is 6.54 Å². The fourth-order valence-electron chi connectivity index (χ4n) is 3.20. The maximum atomic E-state index is 6.92. The van der Waals surface area contributed by atoms with E-state index in [1.54, 1.807) is 0 Å². The van der Waals surface area contributed by atoms with Crippen LogP contribution < -0.4 is 5.73 Å². The Bertz CT molecular complexity index is 186. The fourth-order valence-corrected chi connectivity index (χ4v) is 13.5. The molecule has 0 amide bonds. The minimum Gasteiger partial charge on any atom is -0.457 e. The monoisotopic (exact) mass is 303 g/mol. The van der Waals surface area contributed by atoms with Crippen molar-refractivity contribution in [2.75, 3.05) is 6.54 Å². The van der Waals surface area contributed by atoms with E-state index in [-0.39, 0.29) is 0 Å². The topological polar surface area (TPSA) is 35.2 Å². The van der Waals surface area contributed by atoms with E-state index in [1.165, 1.54) is 62.3 Å². The molecule has 0 saturated heterocycles. The molecule has 0 aliphatic carbocycles. The van der Waals surface area contributed by atoms with Crippen molar-refractivity contribution in [2.45, 2.75) is 90.0 Å². The SMILES string of the molecule is CCC[SiH](CCCN)O[Si](CCC)(CCC)CCC. The van der Waals surface area contributed by atoms with Gasteiger partial charge in [-0.1, -0.05) is 53.4 Å². The Morgan fingerprint density at radius 1 is 0.842 bits per heavy atom. The van der Waals surface area contributed by atoms with E-state index in [4.69, 9.17) is 9.85 Å². The first kappa shape index (κ1) is 19.4. The van der Waals surface area contributed by atoms with E-state index in [0.29, 0.717) is 0 Å². The van der Waals surface area contributed by atoms with Gasteiger partial charge >= 0.3 is 0 Å². The average molecular weight is 304 g/mol. The van der Waals surface area contributed by atoms with Gasteiger partial charge in [-0.3, -0.25) is 0 Å². The van der Waals surface area contributed by atoms with Crippen molar-refractivity contribution in [3.8, 4) is 0 Å². The normalized spacial score (nSPS) is 13.7. The van der Waals surface area contributed by atoms with Crippen molar-refractivity contribution in [3.63, 3.8) is 0 Å². The smallest absolute Gasteiger partial charge is 0.179 e. The molecule has 0 aromatic heterocycles. The number of hydrogen-bond acceptors (Lipinski definition) is 2. The van der Waals surface area contributed by atoms with Crippen molar-refractivity contribution in [1.82, 2.24) is 0 Å². The quantitative estimate of drug-likeness (QED) is 0.502. The zero-order valence-corrected chi connectivity index (χ0v) is 16.0. The summed E-state index contributed by atoms with van der Waals surface area (Å²) < 4.78 is 6.92. The summed E-state index contributed by atoms with van der Waals surface area (Å²) >= 11 is 0. The summed E-state index contributed by atoms with van der Waals surface area (Å²) in [6.07, 6.45) is 6.37. The molecule has 1 unspecified atom stereocenters. The van der Waals surface area contributed by atoms with E-state index in [9.17, 15) is 0 Å². The Kier molecular flexibility index (Phi) is 12.3. The zero-order chi connectivity index (χ0) is 14.6. The van der Waals surface area contributed by atoms with Crippen LogP contribution in [0.15, 0.2) is 0 Å². The van der Waals surface area contributed by atoms with Gasteiger partial charge in [0.1, 0.15) is 0 Å². The lowest BCUT2D eigenvalue weighted by Crippen LogP contribution is -2.43. The highest BCUT2D eigenvalue weighted by atomic mass is 28.4. The Labute approximate surface area is 124 Å². The maximum absolute atomic E-state index is 6.92. The summed E-state index contributed by atoms with van der Waals surface area (Å²) in [7, 11) is -2.41. The molecule has 2 N–H and O–H groups in total. The number of hydrogen-bond donors (Lipinski definition) is 1. The molecular formula is C15H37NOSi2. The molecular weight excluding hydrogens is 266 g/mol. The van der Waals surface area contributed by atoms with Gasteiger partial charge in [0.2, 0.25) is 0 Å². The first-order valence-electron chi connectivity index (χ1n) is 8.55. The summed E-state index contributed by atoms with van der Waals surface area (Å²) in [5.41, 5.74) is 5.69. The molecule has 0 fully saturated rings. The molecule has 0 aliphatic rings.